The number of nitrogens with one attached hydrogen (secondary N) is 2. The summed E-state index contributed by atoms with van der Waals surface area (Å²) in [5, 5.41) is 7.19. The van der Waals surface area contributed by atoms with E-state index in [1.165, 1.54) is 0 Å². The highest BCUT2D eigenvalue weighted by molar-refractivity contribution is 6.04. The van der Waals surface area contributed by atoms with E-state index in [4.69, 9.17) is 4.74 Å². The Balaban J connectivity index is 1.58. The van der Waals surface area contributed by atoms with Gasteiger partial charge in [-0.15, -0.1) is 0 Å². The van der Waals surface area contributed by atoms with Gasteiger partial charge in [-0.2, -0.15) is 0 Å². The molecule has 2 aromatic heterocycles. The van der Waals surface area contributed by atoms with Crippen molar-refractivity contribution in [2.75, 3.05) is 17.7 Å². The highest BCUT2D eigenvalue weighted by atomic mass is 16.5. The molecule has 4 rings (SSSR count). The molecule has 2 N–H and O–H groups in total. The number of amides is 1. The molecule has 0 fully saturated rings. The van der Waals surface area contributed by atoms with Crippen molar-refractivity contribution in [1.29, 1.82) is 0 Å². The number of fused-ring (bicyclic) bond motifs is 1. The fourth-order valence-electron chi connectivity index (χ4n) is 2.93. The number of anilines is 3. The zero-order valence-electron chi connectivity index (χ0n) is 15.2. The van der Waals surface area contributed by atoms with Crippen LogP contribution < -0.4 is 15.4 Å². The molecule has 0 saturated heterocycles. The number of benzene rings is 2. The molecular weight excluding hydrogens is 352 g/mol. The third-order valence-corrected chi connectivity index (χ3v) is 4.26. The minimum atomic E-state index is -0.316. The number of pyridine rings is 2. The minimum absolute atomic E-state index is 0.295. The SMILES string of the molecule is COc1ccccc1NC(=O)c1cc(Nc2cccc3cccnc23)ccn1. The van der Waals surface area contributed by atoms with Crippen molar-refractivity contribution in [3.8, 4) is 5.75 Å². The molecule has 4 aromatic rings. The van der Waals surface area contributed by atoms with Crippen molar-refractivity contribution < 1.29 is 9.53 Å². The maximum Gasteiger partial charge on any atom is 0.274 e. The predicted molar refractivity (Wildman–Crippen MR) is 110 cm³/mol. The molecule has 1 amide bonds. The highest BCUT2D eigenvalue weighted by Gasteiger charge is 2.12. The quantitative estimate of drug-likeness (QED) is 0.535. The summed E-state index contributed by atoms with van der Waals surface area (Å²) >= 11 is 0. The van der Waals surface area contributed by atoms with Gasteiger partial charge in [-0.05, 0) is 36.4 Å². The molecule has 0 aliphatic heterocycles. The Morgan fingerprint density at radius 2 is 1.71 bits per heavy atom. The van der Waals surface area contributed by atoms with Gasteiger partial charge in [-0.25, -0.2) is 0 Å². The molecule has 0 atom stereocenters. The van der Waals surface area contributed by atoms with Crippen LogP contribution in [0.3, 0.4) is 0 Å². The molecule has 6 heteroatoms. The molecule has 0 unspecified atom stereocenters. The van der Waals surface area contributed by atoms with Crippen molar-refractivity contribution in [2.45, 2.75) is 0 Å². The van der Waals surface area contributed by atoms with Gasteiger partial charge in [0.2, 0.25) is 0 Å². The Labute approximate surface area is 162 Å². The monoisotopic (exact) mass is 370 g/mol. The van der Waals surface area contributed by atoms with Crippen molar-refractivity contribution >= 4 is 33.9 Å². The van der Waals surface area contributed by atoms with Gasteiger partial charge < -0.3 is 15.4 Å². The van der Waals surface area contributed by atoms with Crippen LogP contribution in [0.4, 0.5) is 17.1 Å². The van der Waals surface area contributed by atoms with Crippen molar-refractivity contribution in [2.24, 2.45) is 0 Å². The Bertz CT molecular complexity index is 1140. The number of carbonyl (C=O) groups is 1. The Hall–Kier alpha value is -3.93. The topological polar surface area (TPSA) is 76.1 Å². The molecule has 0 aliphatic carbocycles. The molecule has 0 bridgehead atoms. The average Bonchev–Trinajstić information content (AvgIpc) is 2.74. The summed E-state index contributed by atoms with van der Waals surface area (Å²) in [5.74, 6) is 0.274. The third kappa shape index (κ3) is 3.61. The molecule has 0 spiro atoms. The summed E-state index contributed by atoms with van der Waals surface area (Å²) in [5.41, 5.74) is 3.36. The smallest absolute Gasteiger partial charge is 0.274 e. The zero-order chi connectivity index (χ0) is 19.3. The molecule has 0 radical (unpaired) electrons. The second kappa shape index (κ2) is 7.75. The van der Waals surface area contributed by atoms with Crippen molar-refractivity contribution in [3.63, 3.8) is 0 Å². The molecule has 0 aliphatic rings. The Morgan fingerprint density at radius 1 is 0.893 bits per heavy atom. The maximum atomic E-state index is 12.6. The number of para-hydroxylation sites is 3. The fourth-order valence-corrected chi connectivity index (χ4v) is 2.93. The molecule has 2 aromatic carbocycles. The van der Waals surface area contributed by atoms with Crippen LogP contribution in [-0.2, 0) is 0 Å². The number of nitrogens with zero attached hydrogens (tertiary/aromatic N) is 2. The van der Waals surface area contributed by atoms with Crippen molar-refractivity contribution in [1.82, 2.24) is 9.97 Å². The van der Waals surface area contributed by atoms with Gasteiger partial charge in [0.05, 0.1) is 24.0 Å². The third-order valence-electron chi connectivity index (χ3n) is 4.26. The first-order chi connectivity index (χ1) is 13.7. The van der Waals surface area contributed by atoms with Gasteiger partial charge in [0, 0.05) is 23.5 Å². The number of hydrogen-bond donors (Lipinski definition) is 2. The van der Waals surface area contributed by atoms with Gasteiger partial charge in [0.25, 0.3) is 5.91 Å². The van der Waals surface area contributed by atoms with Gasteiger partial charge in [-0.1, -0.05) is 30.3 Å². The first kappa shape index (κ1) is 17.5. The first-order valence-electron chi connectivity index (χ1n) is 8.76. The van der Waals surface area contributed by atoms with E-state index in [2.05, 4.69) is 20.6 Å². The van der Waals surface area contributed by atoms with Gasteiger partial charge >= 0.3 is 0 Å². The van der Waals surface area contributed by atoms with E-state index in [0.29, 0.717) is 17.1 Å². The van der Waals surface area contributed by atoms with Crippen LogP contribution in [0.25, 0.3) is 10.9 Å². The molecule has 2 heterocycles. The number of aromatic nitrogens is 2. The largest absolute Gasteiger partial charge is 0.495 e. The van der Waals surface area contributed by atoms with Crippen LogP contribution in [-0.4, -0.2) is 23.0 Å². The molecule has 28 heavy (non-hydrogen) atoms. The lowest BCUT2D eigenvalue weighted by Gasteiger charge is -2.11. The molecule has 138 valence electrons. The lowest BCUT2D eigenvalue weighted by molar-refractivity contribution is 0.102. The highest BCUT2D eigenvalue weighted by Crippen LogP contribution is 2.26. The number of methoxy groups -OCH3 is 1. The summed E-state index contributed by atoms with van der Waals surface area (Å²) in [6.07, 6.45) is 3.35. The lowest BCUT2D eigenvalue weighted by atomic mass is 10.2. The summed E-state index contributed by atoms with van der Waals surface area (Å²) in [6.45, 7) is 0. The fraction of sp³-hybridized carbons (Fsp3) is 0.0455. The van der Waals surface area contributed by atoms with E-state index in [0.717, 1.165) is 22.3 Å². The van der Waals surface area contributed by atoms with Crippen LogP contribution >= 0.6 is 0 Å². The van der Waals surface area contributed by atoms with Crippen LogP contribution in [0.5, 0.6) is 5.75 Å². The first-order valence-corrected chi connectivity index (χ1v) is 8.76. The van der Waals surface area contributed by atoms with E-state index in [-0.39, 0.29) is 5.91 Å². The second-order valence-electron chi connectivity index (χ2n) is 6.09. The molecule has 6 nitrogen and oxygen atoms in total. The summed E-state index contributed by atoms with van der Waals surface area (Å²) in [6, 6.07) is 20.6. The summed E-state index contributed by atoms with van der Waals surface area (Å²) < 4.78 is 5.27. The standard InChI is InChI=1S/C22H18N4O2/c1-28-20-10-3-2-8-17(20)26-22(27)19-14-16(11-13-23-19)25-18-9-4-6-15-7-5-12-24-21(15)18/h2-14H,1H3,(H,23,25)(H,26,27). The molecular formula is C22H18N4O2. The minimum Gasteiger partial charge on any atom is -0.495 e. The van der Waals surface area contributed by atoms with Crippen LogP contribution in [0, 0.1) is 0 Å². The lowest BCUT2D eigenvalue weighted by Crippen LogP contribution is -2.14. The van der Waals surface area contributed by atoms with E-state index >= 15 is 0 Å². The average molecular weight is 370 g/mol. The predicted octanol–water partition coefficient (Wildman–Crippen LogP) is 4.63. The van der Waals surface area contributed by atoms with E-state index in [1.54, 1.807) is 37.7 Å². The zero-order valence-corrected chi connectivity index (χ0v) is 15.2. The summed E-state index contributed by atoms with van der Waals surface area (Å²) in [7, 11) is 1.56. The van der Waals surface area contributed by atoms with Gasteiger partial charge in [0.1, 0.15) is 11.4 Å². The normalized spacial score (nSPS) is 10.5. The second-order valence-corrected chi connectivity index (χ2v) is 6.09. The summed E-state index contributed by atoms with van der Waals surface area (Å²) in [4.78, 5) is 21.3. The van der Waals surface area contributed by atoms with Gasteiger partial charge in [0.15, 0.2) is 0 Å². The van der Waals surface area contributed by atoms with E-state index in [9.17, 15) is 4.79 Å². The van der Waals surface area contributed by atoms with Crippen LogP contribution in [0.2, 0.25) is 0 Å². The van der Waals surface area contributed by atoms with E-state index in [1.807, 2.05) is 48.5 Å². The Kier molecular flexibility index (Phi) is 4.84. The number of rotatable bonds is 5. The number of hydrogen-bond acceptors (Lipinski definition) is 5. The van der Waals surface area contributed by atoms with Crippen LogP contribution in [0.15, 0.2) is 79.1 Å². The maximum absolute atomic E-state index is 12.6. The van der Waals surface area contributed by atoms with Crippen molar-refractivity contribution in [3.05, 3.63) is 84.8 Å². The van der Waals surface area contributed by atoms with Crippen LogP contribution in [0.1, 0.15) is 10.5 Å². The molecule has 0 saturated carbocycles. The number of ether oxygens (including phenoxy) is 1. The van der Waals surface area contributed by atoms with Gasteiger partial charge in [-0.3, -0.25) is 14.8 Å². The number of carbonyl (C=O) groups excluding carboxylic acids is 1. The van der Waals surface area contributed by atoms with E-state index < -0.39 is 0 Å². The Morgan fingerprint density at radius 3 is 2.61 bits per heavy atom.